The molecule has 0 fully saturated rings. The third-order valence-corrected chi connectivity index (χ3v) is 5.59. The molecule has 0 aliphatic carbocycles. The zero-order valence-corrected chi connectivity index (χ0v) is 11.4. The minimum absolute atomic E-state index is 0.686. The Morgan fingerprint density at radius 3 is 1.93 bits per heavy atom. The molecule has 2 nitrogen and oxygen atoms in total. The van der Waals surface area contributed by atoms with Crippen LogP contribution in [-0.2, 0) is 8.85 Å². The van der Waals surface area contributed by atoms with E-state index in [0.29, 0.717) is 13.2 Å². The van der Waals surface area contributed by atoms with Crippen molar-refractivity contribution in [1.29, 1.82) is 0 Å². The molecule has 0 bridgehead atoms. The maximum atomic E-state index is 5.79. The minimum atomic E-state index is -2.18. The molecule has 0 aromatic heterocycles. The SMILES string of the molecule is CCO[Si](C)(OCC)c1ccc(S)cc1. The van der Waals surface area contributed by atoms with Gasteiger partial charge in [-0.15, -0.1) is 12.6 Å². The normalized spacial score (nSPS) is 11.7. The van der Waals surface area contributed by atoms with Crippen molar-refractivity contribution in [2.24, 2.45) is 0 Å². The predicted molar refractivity (Wildman–Crippen MR) is 68.2 cm³/mol. The third kappa shape index (κ3) is 3.34. The fourth-order valence-electron chi connectivity index (χ4n) is 1.52. The lowest BCUT2D eigenvalue weighted by Gasteiger charge is -2.26. The summed E-state index contributed by atoms with van der Waals surface area (Å²) in [5.41, 5.74) is 0. The second-order valence-electron chi connectivity index (χ2n) is 3.36. The van der Waals surface area contributed by atoms with Crippen molar-refractivity contribution in [2.75, 3.05) is 13.2 Å². The molecular weight excluding hydrogens is 224 g/mol. The van der Waals surface area contributed by atoms with Crippen LogP contribution < -0.4 is 5.19 Å². The van der Waals surface area contributed by atoms with Crippen molar-refractivity contribution in [2.45, 2.75) is 25.3 Å². The van der Waals surface area contributed by atoms with Crippen molar-refractivity contribution in [3.8, 4) is 0 Å². The highest BCUT2D eigenvalue weighted by atomic mass is 32.1. The molecule has 0 saturated heterocycles. The van der Waals surface area contributed by atoms with Crippen LogP contribution in [0, 0.1) is 0 Å². The van der Waals surface area contributed by atoms with E-state index in [0.717, 1.165) is 10.1 Å². The Labute approximate surface area is 98.3 Å². The van der Waals surface area contributed by atoms with E-state index in [1.165, 1.54) is 0 Å². The molecular formula is C11H18O2SSi. The summed E-state index contributed by atoms with van der Waals surface area (Å²) >= 11 is 4.27. The van der Waals surface area contributed by atoms with Crippen LogP contribution in [0.1, 0.15) is 13.8 Å². The van der Waals surface area contributed by atoms with Crippen molar-refractivity contribution in [3.05, 3.63) is 24.3 Å². The number of thiol groups is 1. The first-order chi connectivity index (χ1) is 7.12. The molecule has 84 valence electrons. The van der Waals surface area contributed by atoms with Gasteiger partial charge >= 0.3 is 8.56 Å². The number of hydrogen-bond donors (Lipinski definition) is 1. The summed E-state index contributed by atoms with van der Waals surface area (Å²) in [6.07, 6.45) is 0. The van der Waals surface area contributed by atoms with Gasteiger partial charge in [-0.2, -0.15) is 0 Å². The lowest BCUT2D eigenvalue weighted by molar-refractivity contribution is 0.202. The monoisotopic (exact) mass is 242 g/mol. The molecule has 0 aliphatic rings. The second-order valence-corrected chi connectivity index (χ2v) is 6.92. The Hall–Kier alpha value is -0.293. The summed E-state index contributed by atoms with van der Waals surface area (Å²) in [5.74, 6) is 0. The number of benzene rings is 1. The van der Waals surface area contributed by atoms with E-state index in [-0.39, 0.29) is 0 Å². The molecule has 0 heterocycles. The van der Waals surface area contributed by atoms with Crippen molar-refractivity contribution < 1.29 is 8.85 Å². The van der Waals surface area contributed by atoms with Gasteiger partial charge in [0.2, 0.25) is 0 Å². The summed E-state index contributed by atoms with van der Waals surface area (Å²) in [5, 5.41) is 1.16. The molecule has 0 unspecified atom stereocenters. The van der Waals surface area contributed by atoms with Gasteiger partial charge < -0.3 is 8.85 Å². The van der Waals surface area contributed by atoms with Crippen molar-refractivity contribution >= 4 is 26.4 Å². The zero-order chi connectivity index (χ0) is 11.3. The summed E-state index contributed by atoms with van der Waals surface area (Å²) in [6.45, 7) is 7.44. The highest BCUT2D eigenvalue weighted by Gasteiger charge is 2.33. The Kier molecular flexibility index (Phi) is 4.85. The molecule has 0 spiro atoms. The van der Waals surface area contributed by atoms with Gasteiger partial charge in [-0.05, 0) is 37.7 Å². The quantitative estimate of drug-likeness (QED) is 0.631. The maximum Gasteiger partial charge on any atom is 0.369 e. The number of hydrogen-bond acceptors (Lipinski definition) is 3. The first-order valence-electron chi connectivity index (χ1n) is 5.19. The topological polar surface area (TPSA) is 18.5 Å². The van der Waals surface area contributed by atoms with Gasteiger partial charge in [0, 0.05) is 18.1 Å². The average molecular weight is 242 g/mol. The van der Waals surface area contributed by atoms with E-state index in [1.807, 2.05) is 38.1 Å². The van der Waals surface area contributed by atoms with Crippen LogP contribution in [0.4, 0.5) is 0 Å². The Bertz CT molecular complexity index is 294. The van der Waals surface area contributed by atoms with Gasteiger partial charge in [0.25, 0.3) is 0 Å². The molecule has 1 aromatic rings. The molecule has 15 heavy (non-hydrogen) atoms. The summed E-state index contributed by atoms with van der Waals surface area (Å²) in [6, 6.07) is 8.03. The van der Waals surface area contributed by atoms with E-state index in [2.05, 4.69) is 19.2 Å². The molecule has 0 saturated carbocycles. The van der Waals surface area contributed by atoms with Crippen LogP contribution in [0.3, 0.4) is 0 Å². The standard InChI is InChI=1S/C11H18O2SSi/c1-4-12-15(3,13-5-2)11-8-6-10(14)7-9-11/h6-9,14H,4-5H2,1-3H3. The van der Waals surface area contributed by atoms with Crippen LogP contribution >= 0.6 is 12.6 Å². The van der Waals surface area contributed by atoms with Crippen LogP contribution in [0.2, 0.25) is 6.55 Å². The van der Waals surface area contributed by atoms with Crippen LogP contribution in [0.25, 0.3) is 0 Å². The maximum absolute atomic E-state index is 5.79. The molecule has 1 aromatic carbocycles. The smallest absolute Gasteiger partial charge is 0.369 e. The Morgan fingerprint density at radius 1 is 1.07 bits per heavy atom. The number of rotatable bonds is 5. The first kappa shape index (κ1) is 12.8. The lowest BCUT2D eigenvalue weighted by atomic mass is 10.4. The van der Waals surface area contributed by atoms with Crippen LogP contribution in [0.5, 0.6) is 0 Å². The molecule has 4 heteroatoms. The van der Waals surface area contributed by atoms with Gasteiger partial charge in [-0.1, -0.05) is 12.1 Å². The van der Waals surface area contributed by atoms with Gasteiger partial charge in [0.1, 0.15) is 0 Å². The fraction of sp³-hybridized carbons (Fsp3) is 0.455. The molecule has 0 aliphatic heterocycles. The highest BCUT2D eigenvalue weighted by molar-refractivity contribution is 7.80. The third-order valence-electron chi connectivity index (χ3n) is 2.23. The summed E-state index contributed by atoms with van der Waals surface area (Å²) < 4.78 is 11.6. The summed E-state index contributed by atoms with van der Waals surface area (Å²) in [7, 11) is -2.18. The molecule has 0 amide bonds. The van der Waals surface area contributed by atoms with E-state index in [9.17, 15) is 0 Å². The summed E-state index contributed by atoms with van der Waals surface area (Å²) in [4.78, 5) is 0.961. The zero-order valence-electron chi connectivity index (χ0n) is 9.49. The second kappa shape index (κ2) is 5.70. The molecule has 0 atom stereocenters. The van der Waals surface area contributed by atoms with Crippen LogP contribution in [-0.4, -0.2) is 21.8 Å². The van der Waals surface area contributed by atoms with E-state index in [4.69, 9.17) is 8.85 Å². The van der Waals surface area contributed by atoms with Crippen LogP contribution in [0.15, 0.2) is 29.2 Å². The fourth-order valence-corrected chi connectivity index (χ4v) is 3.96. The van der Waals surface area contributed by atoms with E-state index < -0.39 is 8.56 Å². The van der Waals surface area contributed by atoms with E-state index in [1.54, 1.807) is 0 Å². The molecule has 0 radical (unpaired) electrons. The minimum Gasteiger partial charge on any atom is -0.391 e. The first-order valence-corrected chi connectivity index (χ1v) is 7.96. The lowest BCUT2D eigenvalue weighted by Crippen LogP contribution is -2.51. The predicted octanol–water partition coefficient (Wildman–Crippen LogP) is 2.33. The Morgan fingerprint density at radius 2 is 1.53 bits per heavy atom. The van der Waals surface area contributed by atoms with E-state index >= 15 is 0 Å². The van der Waals surface area contributed by atoms with Gasteiger partial charge in [0.05, 0.1) is 0 Å². The Balaban J connectivity index is 2.92. The van der Waals surface area contributed by atoms with Gasteiger partial charge in [0.15, 0.2) is 0 Å². The van der Waals surface area contributed by atoms with Crippen molar-refractivity contribution in [1.82, 2.24) is 0 Å². The van der Waals surface area contributed by atoms with Gasteiger partial charge in [-0.25, -0.2) is 0 Å². The van der Waals surface area contributed by atoms with Crippen molar-refractivity contribution in [3.63, 3.8) is 0 Å². The highest BCUT2D eigenvalue weighted by Crippen LogP contribution is 2.10. The van der Waals surface area contributed by atoms with Gasteiger partial charge in [-0.3, -0.25) is 0 Å². The molecule has 1 rings (SSSR count). The largest absolute Gasteiger partial charge is 0.391 e. The molecule has 0 N–H and O–H groups in total. The average Bonchev–Trinajstić information content (AvgIpc) is 2.19.